The molecule has 0 radical (unpaired) electrons. The zero-order valence-electron chi connectivity index (χ0n) is 10.6. The molecule has 1 aromatic rings. The number of hydrogen-bond donors (Lipinski definition) is 2. The van der Waals surface area contributed by atoms with E-state index in [2.05, 4.69) is 5.32 Å². The van der Waals surface area contributed by atoms with Crippen molar-refractivity contribution in [2.75, 3.05) is 13.2 Å². The van der Waals surface area contributed by atoms with Crippen molar-refractivity contribution in [3.63, 3.8) is 0 Å². The quantitative estimate of drug-likeness (QED) is 0.786. The van der Waals surface area contributed by atoms with Crippen LogP contribution in [0.4, 0.5) is 4.39 Å². The lowest BCUT2D eigenvalue weighted by molar-refractivity contribution is -0.138. The Hall–Kier alpha value is -1.95. The molecule has 0 fully saturated rings. The van der Waals surface area contributed by atoms with Gasteiger partial charge in [0.1, 0.15) is 12.4 Å². The lowest BCUT2D eigenvalue weighted by Crippen LogP contribution is -2.33. The van der Waals surface area contributed by atoms with Crippen molar-refractivity contribution in [2.24, 2.45) is 0 Å². The van der Waals surface area contributed by atoms with E-state index in [0.29, 0.717) is 12.2 Å². The second-order valence-electron chi connectivity index (χ2n) is 3.91. The number of benzene rings is 1. The number of carbonyl (C=O) groups is 2. The Balaban J connectivity index is 2.74. The predicted octanol–water partition coefficient (Wildman–Crippen LogP) is 1.49. The first-order valence-electron chi connectivity index (χ1n) is 5.87. The van der Waals surface area contributed by atoms with Gasteiger partial charge >= 0.3 is 5.97 Å². The van der Waals surface area contributed by atoms with E-state index in [9.17, 15) is 14.0 Å². The van der Waals surface area contributed by atoms with E-state index in [1.54, 1.807) is 6.92 Å². The Bertz CT molecular complexity index is 433. The number of carboxylic acid groups (broad SMARTS) is 1. The summed E-state index contributed by atoms with van der Waals surface area (Å²) in [7, 11) is 0. The van der Waals surface area contributed by atoms with Gasteiger partial charge in [0.15, 0.2) is 0 Å². The van der Waals surface area contributed by atoms with Crippen molar-refractivity contribution in [2.45, 2.75) is 19.4 Å². The van der Waals surface area contributed by atoms with Gasteiger partial charge < -0.3 is 15.2 Å². The summed E-state index contributed by atoms with van der Waals surface area (Å²) in [6.45, 7) is 2.02. The van der Waals surface area contributed by atoms with Crippen LogP contribution in [0.5, 0.6) is 0 Å². The average molecular weight is 269 g/mol. The van der Waals surface area contributed by atoms with E-state index < -0.39 is 23.7 Å². The minimum absolute atomic E-state index is 0.131. The van der Waals surface area contributed by atoms with Gasteiger partial charge in [-0.1, -0.05) is 12.1 Å². The molecule has 5 nitrogen and oxygen atoms in total. The predicted molar refractivity (Wildman–Crippen MR) is 66.0 cm³/mol. The largest absolute Gasteiger partial charge is 0.481 e. The van der Waals surface area contributed by atoms with Crippen LogP contribution in [0.1, 0.15) is 24.9 Å². The van der Waals surface area contributed by atoms with Gasteiger partial charge in [0, 0.05) is 6.61 Å². The number of nitrogens with one attached hydrogen (secondary N) is 1. The molecule has 104 valence electrons. The number of ether oxygens (including phenoxy) is 1. The monoisotopic (exact) mass is 269 g/mol. The number of halogens is 1. The van der Waals surface area contributed by atoms with Crippen LogP contribution in [0.25, 0.3) is 0 Å². The Morgan fingerprint density at radius 2 is 2.00 bits per heavy atom. The highest BCUT2D eigenvalue weighted by molar-refractivity contribution is 5.78. The summed E-state index contributed by atoms with van der Waals surface area (Å²) < 4.78 is 17.8. The minimum atomic E-state index is -1.05. The molecule has 0 aliphatic heterocycles. The molecule has 2 N–H and O–H groups in total. The maximum atomic E-state index is 12.8. The van der Waals surface area contributed by atoms with Crippen LogP contribution in [0, 0.1) is 5.82 Å². The highest BCUT2D eigenvalue weighted by atomic mass is 19.1. The Labute approximate surface area is 110 Å². The van der Waals surface area contributed by atoms with Crippen LogP contribution in [0.2, 0.25) is 0 Å². The molecule has 1 unspecified atom stereocenters. The molecule has 1 amide bonds. The number of hydrogen-bond acceptors (Lipinski definition) is 3. The third-order valence-electron chi connectivity index (χ3n) is 2.42. The normalized spacial score (nSPS) is 11.9. The summed E-state index contributed by atoms with van der Waals surface area (Å²) in [6, 6.07) is 4.64. The smallest absolute Gasteiger partial charge is 0.305 e. The summed E-state index contributed by atoms with van der Waals surface area (Å²) in [5.74, 6) is -1.87. The van der Waals surface area contributed by atoms with E-state index >= 15 is 0 Å². The molecule has 0 saturated heterocycles. The highest BCUT2D eigenvalue weighted by Crippen LogP contribution is 2.17. The van der Waals surface area contributed by atoms with Crippen molar-refractivity contribution in [1.29, 1.82) is 0 Å². The van der Waals surface area contributed by atoms with Gasteiger partial charge in [-0.05, 0) is 24.6 Å². The maximum Gasteiger partial charge on any atom is 0.305 e. The van der Waals surface area contributed by atoms with Gasteiger partial charge in [-0.3, -0.25) is 9.59 Å². The van der Waals surface area contributed by atoms with Crippen LogP contribution in [0.15, 0.2) is 24.3 Å². The average Bonchev–Trinajstić information content (AvgIpc) is 2.36. The van der Waals surface area contributed by atoms with E-state index in [-0.39, 0.29) is 13.0 Å². The van der Waals surface area contributed by atoms with Crippen LogP contribution in [-0.4, -0.2) is 30.2 Å². The van der Waals surface area contributed by atoms with Gasteiger partial charge in [0.2, 0.25) is 5.91 Å². The fraction of sp³-hybridized carbons (Fsp3) is 0.385. The first-order chi connectivity index (χ1) is 9.02. The first-order valence-corrected chi connectivity index (χ1v) is 5.87. The third kappa shape index (κ3) is 5.48. The third-order valence-corrected chi connectivity index (χ3v) is 2.42. The van der Waals surface area contributed by atoms with Crippen molar-refractivity contribution in [3.05, 3.63) is 35.6 Å². The minimum Gasteiger partial charge on any atom is -0.481 e. The zero-order chi connectivity index (χ0) is 14.3. The van der Waals surface area contributed by atoms with Crippen LogP contribution in [-0.2, 0) is 14.3 Å². The fourth-order valence-electron chi connectivity index (χ4n) is 1.55. The summed E-state index contributed by atoms with van der Waals surface area (Å²) in [5, 5.41) is 11.4. The van der Waals surface area contributed by atoms with Gasteiger partial charge in [-0.25, -0.2) is 4.39 Å². The van der Waals surface area contributed by atoms with E-state index in [0.717, 1.165) is 0 Å². The summed E-state index contributed by atoms with van der Waals surface area (Å²) in [6.07, 6.45) is -0.274. The zero-order valence-corrected chi connectivity index (χ0v) is 10.6. The molecule has 0 aliphatic rings. The molecule has 0 spiro atoms. The van der Waals surface area contributed by atoms with Crippen molar-refractivity contribution in [1.82, 2.24) is 5.32 Å². The number of amides is 1. The number of carbonyl (C=O) groups excluding carboxylic acids is 1. The molecular weight excluding hydrogens is 253 g/mol. The maximum absolute atomic E-state index is 12.8. The van der Waals surface area contributed by atoms with Crippen LogP contribution >= 0.6 is 0 Å². The molecule has 1 atom stereocenters. The first kappa shape index (κ1) is 15.1. The molecule has 6 heteroatoms. The topological polar surface area (TPSA) is 75.6 Å². The van der Waals surface area contributed by atoms with Gasteiger partial charge in [-0.2, -0.15) is 0 Å². The molecular formula is C13H16FNO4. The van der Waals surface area contributed by atoms with E-state index in [1.807, 2.05) is 0 Å². The van der Waals surface area contributed by atoms with Gasteiger partial charge in [0.25, 0.3) is 0 Å². The van der Waals surface area contributed by atoms with Gasteiger partial charge in [0.05, 0.1) is 12.5 Å². The number of aliphatic carboxylic acids is 1. The number of rotatable bonds is 7. The standard InChI is InChI=1S/C13H16FNO4/c1-2-19-8-12(16)15-11(7-13(17)18)9-3-5-10(14)6-4-9/h3-6,11H,2,7-8H2,1H3,(H,15,16)(H,17,18). The second-order valence-corrected chi connectivity index (χ2v) is 3.91. The summed E-state index contributed by atoms with van der Waals surface area (Å²) >= 11 is 0. The molecule has 0 heterocycles. The summed E-state index contributed by atoms with van der Waals surface area (Å²) in [5.41, 5.74) is 0.536. The van der Waals surface area contributed by atoms with E-state index in [4.69, 9.17) is 9.84 Å². The van der Waals surface area contributed by atoms with Crippen LogP contribution < -0.4 is 5.32 Å². The molecule has 1 aromatic carbocycles. The highest BCUT2D eigenvalue weighted by Gasteiger charge is 2.18. The van der Waals surface area contributed by atoms with E-state index in [1.165, 1.54) is 24.3 Å². The lowest BCUT2D eigenvalue weighted by atomic mass is 10.0. The molecule has 0 aliphatic carbocycles. The fourth-order valence-corrected chi connectivity index (χ4v) is 1.55. The Morgan fingerprint density at radius 3 is 2.53 bits per heavy atom. The Morgan fingerprint density at radius 1 is 1.37 bits per heavy atom. The molecule has 0 saturated carbocycles. The van der Waals surface area contributed by atoms with Crippen molar-refractivity contribution in [3.8, 4) is 0 Å². The second kappa shape index (κ2) is 7.48. The van der Waals surface area contributed by atoms with Gasteiger partial charge in [-0.15, -0.1) is 0 Å². The SMILES string of the molecule is CCOCC(=O)NC(CC(=O)O)c1ccc(F)cc1. The molecule has 0 aromatic heterocycles. The Kier molecular flexibility index (Phi) is 5.95. The number of carboxylic acids is 1. The van der Waals surface area contributed by atoms with Crippen LogP contribution in [0.3, 0.4) is 0 Å². The summed E-state index contributed by atoms with van der Waals surface area (Å²) in [4.78, 5) is 22.3. The molecule has 0 bridgehead atoms. The van der Waals surface area contributed by atoms with Crippen molar-refractivity contribution >= 4 is 11.9 Å². The van der Waals surface area contributed by atoms with Crippen molar-refractivity contribution < 1.29 is 23.8 Å². The lowest BCUT2D eigenvalue weighted by Gasteiger charge is -2.17. The molecule has 19 heavy (non-hydrogen) atoms. The molecule has 1 rings (SSSR count).